The van der Waals surface area contributed by atoms with Crippen LogP contribution in [0.2, 0.25) is 0 Å². The van der Waals surface area contributed by atoms with Gasteiger partial charge in [-0.05, 0) is 50.0 Å². The molecule has 1 saturated heterocycles. The Kier molecular flexibility index (Phi) is 3.73. The number of nitrogens with zero attached hydrogens (tertiary/aromatic N) is 2. The molecule has 0 amide bonds. The Balaban J connectivity index is 2.01. The highest BCUT2D eigenvalue weighted by molar-refractivity contribution is 5.16. The molecule has 1 aliphatic rings. The van der Waals surface area contributed by atoms with Gasteiger partial charge in [-0.25, -0.2) is 0 Å². The second-order valence-electron chi connectivity index (χ2n) is 4.33. The summed E-state index contributed by atoms with van der Waals surface area (Å²) < 4.78 is 0. The van der Waals surface area contributed by atoms with Crippen LogP contribution in [-0.2, 0) is 0 Å². The molecule has 15 heavy (non-hydrogen) atoms. The molecule has 1 unspecified atom stereocenters. The Morgan fingerprint density at radius 1 is 1.40 bits per heavy atom. The largest absolute Gasteiger partial charge is 0.296 e. The zero-order valence-electron chi connectivity index (χ0n) is 9.52. The third kappa shape index (κ3) is 2.57. The standard InChI is InChI=1S/C13H20N2/c1-2-3-10-15-11-4-5-13(15)12-6-8-14-9-7-12/h6-9,13H,2-5,10-11H2,1H3. The van der Waals surface area contributed by atoms with Crippen LogP contribution in [0.5, 0.6) is 0 Å². The summed E-state index contributed by atoms with van der Waals surface area (Å²) in [5.41, 5.74) is 1.44. The molecular formula is C13H20N2. The van der Waals surface area contributed by atoms with Crippen molar-refractivity contribution in [3.63, 3.8) is 0 Å². The van der Waals surface area contributed by atoms with E-state index in [0.717, 1.165) is 0 Å². The van der Waals surface area contributed by atoms with Gasteiger partial charge < -0.3 is 0 Å². The zero-order valence-corrected chi connectivity index (χ0v) is 9.52. The van der Waals surface area contributed by atoms with E-state index in [1.54, 1.807) is 0 Å². The Bertz CT molecular complexity index is 284. The summed E-state index contributed by atoms with van der Waals surface area (Å²) in [6.45, 7) is 4.79. The first-order valence-corrected chi connectivity index (χ1v) is 6.06. The van der Waals surface area contributed by atoms with Crippen LogP contribution < -0.4 is 0 Å². The molecule has 0 radical (unpaired) electrons. The number of aromatic nitrogens is 1. The lowest BCUT2D eigenvalue weighted by molar-refractivity contribution is 0.253. The highest BCUT2D eigenvalue weighted by atomic mass is 15.2. The number of hydrogen-bond acceptors (Lipinski definition) is 2. The van der Waals surface area contributed by atoms with E-state index in [0.29, 0.717) is 6.04 Å². The van der Waals surface area contributed by atoms with Crippen LogP contribution in [0.4, 0.5) is 0 Å². The summed E-state index contributed by atoms with van der Waals surface area (Å²) in [7, 11) is 0. The fraction of sp³-hybridized carbons (Fsp3) is 0.615. The maximum atomic E-state index is 4.09. The summed E-state index contributed by atoms with van der Waals surface area (Å²) in [6, 6.07) is 4.98. The minimum atomic E-state index is 0.652. The van der Waals surface area contributed by atoms with Gasteiger partial charge in [-0.15, -0.1) is 0 Å². The average Bonchev–Trinajstić information content (AvgIpc) is 2.75. The molecule has 0 aromatic carbocycles. The van der Waals surface area contributed by atoms with Crippen molar-refractivity contribution in [2.75, 3.05) is 13.1 Å². The Morgan fingerprint density at radius 2 is 2.20 bits per heavy atom. The number of hydrogen-bond donors (Lipinski definition) is 0. The van der Waals surface area contributed by atoms with E-state index < -0.39 is 0 Å². The Morgan fingerprint density at radius 3 is 2.93 bits per heavy atom. The van der Waals surface area contributed by atoms with Gasteiger partial charge in [-0.3, -0.25) is 9.88 Å². The lowest BCUT2D eigenvalue weighted by atomic mass is 10.1. The predicted molar refractivity (Wildman–Crippen MR) is 62.7 cm³/mol. The monoisotopic (exact) mass is 204 g/mol. The van der Waals surface area contributed by atoms with E-state index in [-0.39, 0.29) is 0 Å². The molecule has 1 aliphatic heterocycles. The average molecular weight is 204 g/mol. The summed E-state index contributed by atoms with van der Waals surface area (Å²) in [5.74, 6) is 0. The summed E-state index contributed by atoms with van der Waals surface area (Å²) in [4.78, 5) is 6.71. The van der Waals surface area contributed by atoms with Crippen LogP contribution in [0.1, 0.15) is 44.2 Å². The highest BCUT2D eigenvalue weighted by Gasteiger charge is 2.24. The van der Waals surface area contributed by atoms with Gasteiger partial charge in [0.15, 0.2) is 0 Å². The molecule has 2 rings (SSSR count). The fourth-order valence-corrected chi connectivity index (χ4v) is 2.42. The van der Waals surface area contributed by atoms with Gasteiger partial charge in [0, 0.05) is 18.4 Å². The molecule has 0 N–H and O–H groups in total. The van der Waals surface area contributed by atoms with Gasteiger partial charge in [-0.2, -0.15) is 0 Å². The third-order valence-corrected chi connectivity index (χ3v) is 3.25. The van der Waals surface area contributed by atoms with Gasteiger partial charge >= 0.3 is 0 Å². The number of rotatable bonds is 4. The normalized spacial score (nSPS) is 22.1. The maximum absolute atomic E-state index is 4.09. The molecular weight excluding hydrogens is 184 g/mol. The topological polar surface area (TPSA) is 16.1 Å². The summed E-state index contributed by atoms with van der Waals surface area (Å²) in [6.07, 6.45) is 9.09. The van der Waals surface area contributed by atoms with Crippen LogP contribution in [0, 0.1) is 0 Å². The van der Waals surface area contributed by atoms with Gasteiger partial charge in [0.05, 0.1) is 0 Å². The van der Waals surface area contributed by atoms with Crippen LogP contribution in [0.15, 0.2) is 24.5 Å². The molecule has 1 aromatic heterocycles. The van der Waals surface area contributed by atoms with Crippen molar-refractivity contribution in [3.05, 3.63) is 30.1 Å². The third-order valence-electron chi connectivity index (χ3n) is 3.25. The van der Waals surface area contributed by atoms with E-state index in [4.69, 9.17) is 0 Å². The maximum Gasteiger partial charge on any atom is 0.0349 e. The van der Waals surface area contributed by atoms with Crippen LogP contribution in [0.25, 0.3) is 0 Å². The van der Waals surface area contributed by atoms with Crippen molar-refractivity contribution in [1.82, 2.24) is 9.88 Å². The molecule has 2 heterocycles. The SMILES string of the molecule is CCCCN1CCCC1c1ccncc1. The van der Waals surface area contributed by atoms with E-state index in [1.807, 2.05) is 12.4 Å². The molecule has 0 bridgehead atoms. The fourth-order valence-electron chi connectivity index (χ4n) is 2.42. The molecule has 1 fully saturated rings. The molecule has 82 valence electrons. The minimum Gasteiger partial charge on any atom is -0.296 e. The minimum absolute atomic E-state index is 0.652. The van der Waals surface area contributed by atoms with Crippen molar-refractivity contribution in [1.29, 1.82) is 0 Å². The Labute approximate surface area is 92.3 Å². The second-order valence-corrected chi connectivity index (χ2v) is 4.33. The number of pyridine rings is 1. The van der Waals surface area contributed by atoms with Gasteiger partial charge in [0.2, 0.25) is 0 Å². The van der Waals surface area contributed by atoms with Gasteiger partial charge in [0.25, 0.3) is 0 Å². The molecule has 2 nitrogen and oxygen atoms in total. The van der Waals surface area contributed by atoms with Crippen LogP contribution in [-0.4, -0.2) is 23.0 Å². The first kappa shape index (κ1) is 10.6. The summed E-state index contributed by atoms with van der Waals surface area (Å²) in [5, 5.41) is 0. The Hall–Kier alpha value is -0.890. The van der Waals surface area contributed by atoms with E-state index >= 15 is 0 Å². The molecule has 1 atom stereocenters. The van der Waals surface area contributed by atoms with Crippen molar-refractivity contribution in [2.45, 2.75) is 38.6 Å². The van der Waals surface area contributed by atoms with Gasteiger partial charge in [0.1, 0.15) is 0 Å². The van der Waals surface area contributed by atoms with Crippen molar-refractivity contribution < 1.29 is 0 Å². The predicted octanol–water partition coefficient (Wildman–Crippen LogP) is 3.02. The number of unbranched alkanes of at least 4 members (excludes halogenated alkanes) is 1. The second kappa shape index (κ2) is 5.26. The molecule has 0 saturated carbocycles. The molecule has 2 heteroatoms. The van der Waals surface area contributed by atoms with E-state index in [1.165, 1.54) is 44.3 Å². The first-order chi connectivity index (χ1) is 7.42. The van der Waals surface area contributed by atoms with Crippen LogP contribution in [0.3, 0.4) is 0 Å². The first-order valence-electron chi connectivity index (χ1n) is 6.06. The van der Waals surface area contributed by atoms with E-state index in [2.05, 4.69) is 28.9 Å². The lowest BCUT2D eigenvalue weighted by Crippen LogP contribution is -2.24. The molecule has 1 aromatic rings. The lowest BCUT2D eigenvalue weighted by Gasteiger charge is -2.24. The van der Waals surface area contributed by atoms with Crippen molar-refractivity contribution in [3.8, 4) is 0 Å². The van der Waals surface area contributed by atoms with E-state index in [9.17, 15) is 0 Å². The highest BCUT2D eigenvalue weighted by Crippen LogP contribution is 2.31. The zero-order chi connectivity index (χ0) is 10.5. The smallest absolute Gasteiger partial charge is 0.0349 e. The van der Waals surface area contributed by atoms with Crippen molar-refractivity contribution >= 4 is 0 Å². The van der Waals surface area contributed by atoms with Crippen molar-refractivity contribution in [2.24, 2.45) is 0 Å². The van der Waals surface area contributed by atoms with Crippen LogP contribution >= 0.6 is 0 Å². The molecule has 0 spiro atoms. The molecule has 0 aliphatic carbocycles. The number of likely N-dealkylation sites (tertiary alicyclic amines) is 1. The summed E-state index contributed by atoms with van der Waals surface area (Å²) >= 11 is 0. The quantitative estimate of drug-likeness (QED) is 0.749. The van der Waals surface area contributed by atoms with Gasteiger partial charge in [-0.1, -0.05) is 13.3 Å².